The third kappa shape index (κ3) is 3.84. The zero-order chi connectivity index (χ0) is 15.2. The van der Waals surface area contributed by atoms with E-state index in [9.17, 15) is 4.79 Å². The summed E-state index contributed by atoms with van der Waals surface area (Å²) in [6.45, 7) is 0. The van der Waals surface area contributed by atoms with E-state index in [0.29, 0.717) is 16.8 Å². The van der Waals surface area contributed by atoms with Crippen LogP contribution in [0.25, 0.3) is 0 Å². The molecule has 0 radical (unpaired) electrons. The number of carbonyl (C=O) groups excluding carboxylic acids is 1. The van der Waals surface area contributed by atoms with Crippen molar-refractivity contribution in [2.45, 2.75) is 6.10 Å². The van der Waals surface area contributed by atoms with Gasteiger partial charge in [-0.05, 0) is 17.6 Å². The maximum atomic E-state index is 11.9. The van der Waals surface area contributed by atoms with Crippen LogP contribution in [0.15, 0.2) is 54.6 Å². The molecule has 0 saturated carbocycles. The van der Waals surface area contributed by atoms with E-state index < -0.39 is 19.2 Å². The maximum Gasteiger partial charge on any atom is 0.488 e. The van der Waals surface area contributed by atoms with Crippen LogP contribution in [-0.4, -0.2) is 30.2 Å². The average molecular weight is 286 g/mol. The maximum absolute atomic E-state index is 11.9. The third-order valence-electron chi connectivity index (χ3n) is 2.95. The van der Waals surface area contributed by atoms with Gasteiger partial charge < -0.3 is 19.5 Å². The van der Waals surface area contributed by atoms with Crippen LogP contribution in [0.3, 0.4) is 0 Å². The van der Waals surface area contributed by atoms with E-state index in [4.69, 9.17) is 19.5 Å². The summed E-state index contributed by atoms with van der Waals surface area (Å²) in [5.41, 5.74) is 1.02. The fourth-order valence-electron chi connectivity index (χ4n) is 1.84. The molecule has 0 saturated heterocycles. The van der Waals surface area contributed by atoms with Gasteiger partial charge >= 0.3 is 13.1 Å². The lowest BCUT2D eigenvalue weighted by Gasteiger charge is -2.17. The van der Waals surface area contributed by atoms with Crippen molar-refractivity contribution in [2.75, 3.05) is 7.11 Å². The number of esters is 1. The number of carbonyl (C=O) groups is 1. The Balaban J connectivity index is 2.21. The van der Waals surface area contributed by atoms with Crippen LogP contribution in [0.5, 0.6) is 5.75 Å². The van der Waals surface area contributed by atoms with Crippen molar-refractivity contribution in [3.05, 3.63) is 60.2 Å². The molecule has 5 nitrogen and oxygen atoms in total. The minimum Gasteiger partial charge on any atom is -0.474 e. The second-order valence-corrected chi connectivity index (χ2v) is 4.37. The van der Waals surface area contributed by atoms with Crippen LogP contribution in [0.1, 0.15) is 11.7 Å². The van der Waals surface area contributed by atoms with Crippen molar-refractivity contribution in [2.24, 2.45) is 0 Å². The Morgan fingerprint density at radius 2 is 1.67 bits per heavy atom. The molecule has 0 aromatic heterocycles. The highest BCUT2D eigenvalue weighted by Gasteiger charge is 2.23. The molecule has 21 heavy (non-hydrogen) atoms. The molecule has 0 spiro atoms. The Morgan fingerprint density at radius 1 is 1.05 bits per heavy atom. The number of ether oxygens (including phenoxy) is 2. The smallest absolute Gasteiger partial charge is 0.474 e. The average Bonchev–Trinajstić information content (AvgIpc) is 2.53. The number of hydrogen-bond donors (Lipinski definition) is 2. The minimum atomic E-state index is -1.54. The predicted molar refractivity (Wildman–Crippen MR) is 78.1 cm³/mol. The molecule has 0 bridgehead atoms. The van der Waals surface area contributed by atoms with Gasteiger partial charge in [0.15, 0.2) is 0 Å². The summed E-state index contributed by atoms with van der Waals surface area (Å²) >= 11 is 0. The van der Waals surface area contributed by atoms with Crippen molar-refractivity contribution >= 4 is 18.6 Å². The van der Waals surface area contributed by atoms with Gasteiger partial charge in [-0.3, -0.25) is 0 Å². The quantitative estimate of drug-likeness (QED) is 0.624. The Kier molecular flexibility index (Phi) is 4.97. The van der Waals surface area contributed by atoms with Gasteiger partial charge in [0.25, 0.3) is 0 Å². The molecule has 2 aromatic carbocycles. The second kappa shape index (κ2) is 6.92. The molecule has 0 fully saturated rings. The standard InChI is InChI=1S/C15H15BO5/c1-20-15(17)14(11-5-3-2-4-6-11)21-13-9-7-12(8-10-13)16(18)19/h2-10,14,18-19H,1H3. The first-order chi connectivity index (χ1) is 10.1. The summed E-state index contributed by atoms with van der Waals surface area (Å²) in [7, 11) is -0.239. The Morgan fingerprint density at radius 3 is 2.19 bits per heavy atom. The van der Waals surface area contributed by atoms with Crippen molar-refractivity contribution in [1.29, 1.82) is 0 Å². The molecule has 1 atom stereocenters. The van der Waals surface area contributed by atoms with Gasteiger partial charge in [-0.15, -0.1) is 0 Å². The molecule has 0 aliphatic heterocycles. The number of methoxy groups -OCH3 is 1. The molecule has 6 heteroatoms. The van der Waals surface area contributed by atoms with Gasteiger partial charge in [0.1, 0.15) is 5.75 Å². The first kappa shape index (κ1) is 15.1. The van der Waals surface area contributed by atoms with E-state index in [2.05, 4.69) is 0 Å². The van der Waals surface area contributed by atoms with Gasteiger partial charge in [-0.2, -0.15) is 0 Å². The summed E-state index contributed by atoms with van der Waals surface area (Å²) < 4.78 is 10.4. The molecule has 2 rings (SSSR count). The van der Waals surface area contributed by atoms with Crippen molar-refractivity contribution in [1.82, 2.24) is 0 Å². The third-order valence-corrected chi connectivity index (χ3v) is 2.95. The van der Waals surface area contributed by atoms with Crippen molar-refractivity contribution in [3.8, 4) is 5.75 Å². The molecule has 2 aromatic rings. The van der Waals surface area contributed by atoms with Crippen molar-refractivity contribution in [3.63, 3.8) is 0 Å². The summed E-state index contributed by atoms with van der Waals surface area (Å²) in [6.07, 6.45) is -0.874. The van der Waals surface area contributed by atoms with Gasteiger partial charge in [0.2, 0.25) is 6.10 Å². The second-order valence-electron chi connectivity index (χ2n) is 4.37. The highest BCUT2D eigenvalue weighted by Crippen LogP contribution is 2.22. The molecule has 2 N–H and O–H groups in total. The van der Waals surface area contributed by atoms with Crippen LogP contribution in [-0.2, 0) is 9.53 Å². The summed E-state index contributed by atoms with van der Waals surface area (Å²) in [5, 5.41) is 18.1. The minimum absolute atomic E-state index is 0.344. The van der Waals surface area contributed by atoms with E-state index in [-0.39, 0.29) is 0 Å². The zero-order valence-electron chi connectivity index (χ0n) is 11.5. The first-order valence-corrected chi connectivity index (χ1v) is 6.37. The number of benzene rings is 2. The van der Waals surface area contributed by atoms with Crippen LogP contribution in [0.4, 0.5) is 0 Å². The topological polar surface area (TPSA) is 76.0 Å². The molecule has 0 amide bonds. The Hall–Kier alpha value is -2.31. The fraction of sp³-hybridized carbons (Fsp3) is 0.133. The van der Waals surface area contributed by atoms with E-state index in [0.717, 1.165) is 0 Å². The highest BCUT2D eigenvalue weighted by atomic mass is 16.6. The van der Waals surface area contributed by atoms with Crippen LogP contribution < -0.4 is 10.2 Å². The van der Waals surface area contributed by atoms with E-state index in [1.165, 1.54) is 19.2 Å². The first-order valence-electron chi connectivity index (χ1n) is 6.37. The molecule has 0 aliphatic rings. The summed E-state index contributed by atoms with van der Waals surface area (Å²) in [5.74, 6) is -0.0777. The lowest BCUT2D eigenvalue weighted by Crippen LogP contribution is -2.29. The van der Waals surface area contributed by atoms with Crippen LogP contribution >= 0.6 is 0 Å². The SMILES string of the molecule is COC(=O)C(Oc1ccc(B(O)O)cc1)c1ccccc1. The van der Waals surface area contributed by atoms with Crippen LogP contribution in [0, 0.1) is 0 Å². The van der Waals surface area contributed by atoms with Gasteiger partial charge in [-0.25, -0.2) is 4.79 Å². The van der Waals surface area contributed by atoms with Crippen LogP contribution in [0.2, 0.25) is 0 Å². The van der Waals surface area contributed by atoms with E-state index >= 15 is 0 Å². The monoisotopic (exact) mass is 286 g/mol. The number of rotatable bonds is 5. The lowest BCUT2D eigenvalue weighted by atomic mass is 9.80. The normalized spacial score (nSPS) is 11.6. The van der Waals surface area contributed by atoms with Gasteiger partial charge in [0, 0.05) is 5.56 Å². The molecule has 108 valence electrons. The summed E-state index contributed by atoms with van der Waals surface area (Å²) in [4.78, 5) is 11.9. The fourth-order valence-corrected chi connectivity index (χ4v) is 1.84. The van der Waals surface area contributed by atoms with E-state index in [1.807, 2.05) is 6.07 Å². The molecule has 0 aliphatic carbocycles. The number of hydrogen-bond acceptors (Lipinski definition) is 5. The Bertz CT molecular complexity index is 583. The molecular weight excluding hydrogens is 271 g/mol. The largest absolute Gasteiger partial charge is 0.488 e. The van der Waals surface area contributed by atoms with Crippen molar-refractivity contribution < 1.29 is 24.3 Å². The highest BCUT2D eigenvalue weighted by molar-refractivity contribution is 6.58. The molecule has 1 unspecified atom stereocenters. The Labute approximate surface area is 122 Å². The van der Waals surface area contributed by atoms with Gasteiger partial charge in [0.05, 0.1) is 7.11 Å². The van der Waals surface area contributed by atoms with Gasteiger partial charge in [-0.1, -0.05) is 42.5 Å². The molecule has 0 heterocycles. The summed E-state index contributed by atoms with van der Waals surface area (Å²) in [6, 6.07) is 15.1. The zero-order valence-corrected chi connectivity index (χ0v) is 11.5. The van der Waals surface area contributed by atoms with E-state index in [1.54, 1.807) is 36.4 Å². The lowest BCUT2D eigenvalue weighted by molar-refractivity contribution is -0.149. The molecular formula is C15H15BO5. The predicted octanol–water partition coefficient (Wildman–Crippen LogP) is 0.660.